The molecule has 0 fully saturated rings. The van der Waals surface area contributed by atoms with Crippen LogP contribution in [0.2, 0.25) is 0 Å². The van der Waals surface area contributed by atoms with Gasteiger partial charge in [0.25, 0.3) is 6.02 Å². The van der Waals surface area contributed by atoms with Gasteiger partial charge in [-0.2, -0.15) is 0 Å². The minimum atomic E-state index is -0.416. The number of hydrogen-bond donors (Lipinski definition) is 3. The normalized spacial score (nSPS) is 12.6. The Morgan fingerprint density at radius 1 is 0.848 bits per heavy atom. The molecule has 1 rings (SSSR count). The molecule has 6 nitrogen and oxygen atoms in total. The first kappa shape index (κ1) is 29.1. The van der Waals surface area contributed by atoms with Gasteiger partial charge in [-0.25, -0.2) is 4.99 Å². The van der Waals surface area contributed by atoms with Gasteiger partial charge in [-0.1, -0.05) is 90.9 Å². The van der Waals surface area contributed by atoms with Gasteiger partial charge in [-0.3, -0.25) is 0 Å². The molecule has 0 aromatic heterocycles. The molecule has 1 atom stereocenters. The zero-order valence-corrected chi connectivity index (χ0v) is 21.2. The van der Waals surface area contributed by atoms with E-state index in [4.69, 9.17) is 15.2 Å². The van der Waals surface area contributed by atoms with E-state index in [1.807, 2.05) is 0 Å². The quantitative estimate of drug-likeness (QED) is 0.0584. The summed E-state index contributed by atoms with van der Waals surface area (Å²) in [4.78, 5) is 4.37. The fourth-order valence-corrected chi connectivity index (χ4v) is 3.66. The van der Waals surface area contributed by atoms with Crippen molar-refractivity contribution < 1.29 is 14.6 Å². The third kappa shape index (κ3) is 17.2. The van der Waals surface area contributed by atoms with Gasteiger partial charge >= 0.3 is 0 Å². The summed E-state index contributed by atoms with van der Waals surface area (Å²) in [5.74, 6) is 0.239. The van der Waals surface area contributed by atoms with Gasteiger partial charge in [-0.15, -0.1) is 0 Å². The van der Waals surface area contributed by atoms with Crippen molar-refractivity contribution in [2.24, 2.45) is 10.7 Å². The van der Waals surface area contributed by atoms with Crippen molar-refractivity contribution in [3.05, 3.63) is 24.3 Å². The number of nitrogens with one attached hydrogen (secondary N) is 1. The number of amidine groups is 1. The highest BCUT2D eigenvalue weighted by Gasteiger charge is 2.11. The van der Waals surface area contributed by atoms with Crippen molar-refractivity contribution >= 4 is 11.7 Å². The summed E-state index contributed by atoms with van der Waals surface area (Å²) >= 11 is 0. The zero-order chi connectivity index (χ0) is 24.0. The third-order valence-electron chi connectivity index (χ3n) is 5.74. The van der Waals surface area contributed by atoms with Crippen LogP contribution in [0.3, 0.4) is 0 Å². The van der Waals surface area contributed by atoms with Crippen molar-refractivity contribution in [3.63, 3.8) is 0 Å². The van der Waals surface area contributed by atoms with Crippen LogP contribution in [0, 0.1) is 0 Å². The van der Waals surface area contributed by atoms with Crippen molar-refractivity contribution in [1.29, 1.82) is 0 Å². The number of unbranched alkanes of at least 4 members (excludes halogenated alkanes) is 12. The van der Waals surface area contributed by atoms with E-state index < -0.39 is 6.29 Å². The van der Waals surface area contributed by atoms with Gasteiger partial charge in [0.1, 0.15) is 12.5 Å². The Labute approximate surface area is 202 Å². The number of ether oxygens (including phenoxy) is 2. The van der Waals surface area contributed by atoms with Crippen molar-refractivity contribution in [3.8, 4) is 5.75 Å². The van der Waals surface area contributed by atoms with Crippen LogP contribution in [0.25, 0.3) is 0 Å². The van der Waals surface area contributed by atoms with E-state index in [9.17, 15) is 5.11 Å². The van der Waals surface area contributed by atoms with Crippen LogP contribution in [0.5, 0.6) is 5.75 Å². The Morgan fingerprint density at radius 3 is 1.97 bits per heavy atom. The summed E-state index contributed by atoms with van der Waals surface area (Å²) < 4.78 is 11.6. The van der Waals surface area contributed by atoms with Crippen LogP contribution in [0.15, 0.2) is 29.3 Å². The van der Waals surface area contributed by atoms with Crippen LogP contribution >= 0.6 is 0 Å². The molecule has 0 saturated heterocycles. The molecule has 0 spiro atoms. The fraction of sp³-hybridized carbons (Fsp3) is 0.741. The minimum Gasteiger partial charge on any atom is -0.508 e. The third-order valence-corrected chi connectivity index (χ3v) is 5.74. The predicted molar refractivity (Wildman–Crippen MR) is 140 cm³/mol. The molecule has 0 amide bonds. The Hall–Kier alpha value is -1.95. The van der Waals surface area contributed by atoms with E-state index in [0.717, 1.165) is 31.4 Å². The largest absolute Gasteiger partial charge is 0.508 e. The number of rotatable bonds is 21. The first-order valence-electron chi connectivity index (χ1n) is 13.3. The van der Waals surface area contributed by atoms with Crippen LogP contribution in [-0.2, 0) is 9.47 Å². The second-order valence-electron chi connectivity index (χ2n) is 8.83. The van der Waals surface area contributed by atoms with E-state index in [0.29, 0.717) is 13.3 Å². The molecule has 0 heterocycles. The molecule has 1 aromatic carbocycles. The van der Waals surface area contributed by atoms with E-state index in [1.165, 1.54) is 70.6 Å². The van der Waals surface area contributed by atoms with Crippen molar-refractivity contribution in [2.75, 3.05) is 18.6 Å². The molecule has 190 valence electrons. The summed E-state index contributed by atoms with van der Waals surface area (Å²) in [7, 11) is 0. The van der Waals surface area contributed by atoms with Gasteiger partial charge in [0, 0.05) is 18.7 Å². The molecule has 4 N–H and O–H groups in total. The number of aromatic hydroxyl groups is 1. The lowest BCUT2D eigenvalue weighted by atomic mass is 10.1. The van der Waals surface area contributed by atoms with Crippen molar-refractivity contribution in [1.82, 2.24) is 0 Å². The van der Waals surface area contributed by atoms with Crippen LogP contribution in [0.1, 0.15) is 110 Å². The van der Waals surface area contributed by atoms with Crippen LogP contribution in [-0.4, -0.2) is 30.7 Å². The molecule has 0 saturated carbocycles. The Kier molecular flexibility index (Phi) is 18.2. The van der Waals surface area contributed by atoms with E-state index in [-0.39, 0.29) is 11.8 Å². The topological polar surface area (TPSA) is 89.1 Å². The maximum Gasteiger partial charge on any atom is 0.284 e. The molecule has 0 radical (unpaired) electrons. The summed E-state index contributed by atoms with van der Waals surface area (Å²) in [6, 6.07) is 7.07. The molecule has 1 unspecified atom stereocenters. The molecule has 6 heteroatoms. The number of hydrogen-bond acceptors (Lipinski definition) is 5. The lowest BCUT2D eigenvalue weighted by Crippen LogP contribution is -2.28. The summed E-state index contributed by atoms with van der Waals surface area (Å²) in [5, 5.41) is 12.5. The zero-order valence-electron chi connectivity index (χ0n) is 21.2. The Bertz CT molecular complexity index is 593. The average molecular weight is 464 g/mol. The maximum absolute atomic E-state index is 9.35. The standard InChI is InChI=1S/C27H49N3O3/c1-3-5-7-8-9-10-11-12-13-14-15-16-22-29-27(28)33-26(17-6-4-2)32-23-30-24-18-20-25(31)21-19-24/h18-21,26,30-31H,3-17,22-23H2,1-2H3,(H2,28,29). The highest BCUT2D eigenvalue weighted by molar-refractivity contribution is 5.71. The molecule has 1 aromatic rings. The fourth-order valence-electron chi connectivity index (χ4n) is 3.66. The molecule has 0 aliphatic rings. The molecular formula is C27H49N3O3. The van der Waals surface area contributed by atoms with E-state index >= 15 is 0 Å². The average Bonchev–Trinajstić information content (AvgIpc) is 2.81. The predicted octanol–water partition coefficient (Wildman–Crippen LogP) is 7.33. The van der Waals surface area contributed by atoms with Gasteiger partial charge in [0.05, 0.1) is 0 Å². The van der Waals surface area contributed by atoms with E-state index in [2.05, 4.69) is 24.2 Å². The maximum atomic E-state index is 9.35. The smallest absolute Gasteiger partial charge is 0.284 e. The lowest BCUT2D eigenvalue weighted by Gasteiger charge is -2.19. The number of phenolic OH excluding ortho intramolecular Hbond substituents is 1. The summed E-state index contributed by atoms with van der Waals surface area (Å²) in [6.07, 6.45) is 18.3. The van der Waals surface area contributed by atoms with E-state index in [1.54, 1.807) is 24.3 Å². The second-order valence-corrected chi connectivity index (χ2v) is 8.83. The van der Waals surface area contributed by atoms with Gasteiger partial charge in [-0.05, 0) is 37.1 Å². The first-order valence-corrected chi connectivity index (χ1v) is 13.3. The lowest BCUT2D eigenvalue weighted by molar-refractivity contribution is -0.0880. The minimum absolute atomic E-state index is 0.212. The summed E-state index contributed by atoms with van der Waals surface area (Å²) in [5.41, 5.74) is 6.86. The first-order chi connectivity index (χ1) is 16.2. The van der Waals surface area contributed by atoms with Gasteiger partial charge in [0.2, 0.25) is 6.29 Å². The molecule has 0 aliphatic heterocycles. The highest BCUT2D eigenvalue weighted by Crippen LogP contribution is 2.15. The van der Waals surface area contributed by atoms with Crippen LogP contribution < -0.4 is 11.1 Å². The molecule has 0 aliphatic carbocycles. The highest BCUT2D eigenvalue weighted by atomic mass is 16.7. The number of nitrogens with two attached hydrogens (primary N) is 1. The van der Waals surface area contributed by atoms with Gasteiger partial charge in [0.15, 0.2) is 0 Å². The van der Waals surface area contributed by atoms with Crippen molar-refractivity contribution in [2.45, 2.75) is 116 Å². The number of benzene rings is 1. The second kappa shape index (κ2) is 20.6. The number of aliphatic imine (C=N–C) groups is 1. The Morgan fingerprint density at radius 2 is 1.39 bits per heavy atom. The van der Waals surface area contributed by atoms with Gasteiger partial charge < -0.3 is 25.6 Å². The Balaban J connectivity index is 2.11. The SMILES string of the molecule is CCCCCCCCCCCCCCN=C(N)OC(CCCC)OCNc1ccc(O)cc1. The number of nitrogens with zero attached hydrogens (tertiary/aromatic N) is 1. The van der Waals surface area contributed by atoms with Crippen LogP contribution in [0.4, 0.5) is 5.69 Å². The number of phenols is 1. The molecular weight excluding hydrogens is 414 g/mol. The monoisotopic (exact) mass is 463 g/mol. The number of anilines is 1. The molecule has 33 heavy (non-hydrogen) atoms. The summed E-state index contributed by atoms with van der Waals surface area (Å²) in [6.45, 7) is 5.41. The molecule has 0 bridgehead atoms.